The van der Waals surface area contributed by atoms with Crippen molar-refractivity contribution >= 4 is 21.6 Å². The molecule has 0 aromatic heterocycles. The van der Waals surface area contributed by atoms with Crippen molar-refractivity contribution in [2.24, 2.45) is 5.73 Å². The number of nitrogens with two attached hydrogens (primary N) is 1. The quantitative estimate of drug-likeness (QED) is 0.803. The summed E-state index contributed by atoms with van der Waals surface area (Å²) in [5.74, 6) is 0.152. The van der Waals surface area contributed by atoms with E-state index in [1.165, 1.54) is 11.6 Å². The third-order valence-electron chi connectivity index (χ3n) is 3.58. The molecular weight excluding hydrogens is 331 g/mol. The predicted octanol–water partition coefficient (Wildman–Crippen LogP) is 4.52. The maximum absolute atomic E-state index is 13.3. The minimum Gasteiger partial charge on any atom is -0.381 e. The second kappa shape index (κ2) is 7.57. The van der Waals surface area contributed by atoms with Crippen LogP contribution >= 0.6 is 15.9 Å². The van der Waals surface area contributed by atoms with Gasteiger partial charge < -0.3 is 11.1 Å². The molecule has 0 aliphatic carbocycles. The summed E-state index contributed by atoms with van der Waals surface area (Å²) in [6, 6.07) is 15.4. The van der Waals surface area contributed by atoms with Crippen LogP contribution in [0.15, 0.2) is 53.0 Å². The van der Waals surface area contributed by atoms with E-state index in [1.807, 2.05) is 18.2 Å². The van der Waals surface area contributed by atoms with E-state index in [2.05, 4.69) is 40.3 Å². The molecule has 0 saturated heterocycles. The number of rotatable bonds is 6. The third kappa shape index (κ3) is 4.55. The van der Waals surface area contributed by atoms with E-state index >= 15 is 0 Å². The molecule has 0 radical (unpaired) electrons. The maximum atomic E-state index is 13.3. The van der Waals surface area contributed by atoms with E-state index in [4.69, 9.17) is 5.73 Å². The fourth-order valence-corrected chi connectivity index (χ4v) is 2.76. The van der Waals surface area contributed by atoms with Gasteiger partial charge in [-0.3, -0.25) is 0 Å². The molecule has 2 aromatic carbocycles. The van der Waals surface area contributed by atoms with Gasteiger partial charge in [0.2, 0.25) is 0 Å². The Hall–Kier alpha value is -1.39. The van der Waals surface area contributed by atoms with Gasteiger partial charge in [-0.05, 0) is 52.0 Å². The van der Waals surface area contributed by atoms with Crippen LogP contribution in [-0.2, 0) is 0 Å². The van der Waals surface area contributed by atoms with Crippen molar-refractivity contribution in [3.05, 3.63) is 64.4 Å². The van der Waals surface area contributed by atoms with Crippen LogP contribution in [0.1, 0.15) is 24.8 Å². The molecule has 3 N–H and O–H groups in total. The highest BCUT2D eigenvalue weighted by molar-refractivity contribution is 9.10. The van der Waals surface area contributed by atoms with Gasteiger partial charge in [0.05, 0.1) is 4.47 Å². The van der Waals surface area contributed by atoms with Crippen molar-refractivity contribution in [1.29, 1.82) is 0 Å². The molecule has 21 heavy (non-hydrogen) atoms. The fraction of sp³-hybridized carbons (Fsp3) is 0.294. The lowest BCUT2D eigenvalue weighted by atomic mass is 9.94. The summed E-state index contributed by atoms with van der Waals surface area (Å²) in [7, 11) is 0. The van der Waals surface area contributed by atoms with Crippen molar-refractivity contribution in [2.45, 2.75) is 25.3 Å². The lowest BCUT2D eigenvalue weighted by Gasteiger charge is -2.22. The second-order valence-corrected chi connectivity index (χ2v) is 6.11. The van der Waals surface area contributed by atoms with Gasteiger partial charge in [0, 0.05) is 18.3 Å². The lowest BCUT2D eigenvalue weighted by Crippen LogP contribution is -2.30. The van der Waals surface area contributed by atoms with Gasteiger partial charge in [-0.15, -0.1) is 0 Å². The van der Waals surface area contributed by atoms with Crippen LogP contribution in [0.25, 0.3) is 0 Å². The molecule has 112 valence electrons. The van der Waals surface area contributed by atoms with Gasteiger partial charge in [0.15, 0.2) is 0 Å². The number of halogens is 2. The first-order valence-electron chi connectivity index (χ1n) is 7.06. The summed E-state index contributed by atoms with van der Waals surface area (Å²) in [5, 5.41) is 3.38. The van der Waals surface area contributed by atoms with Crippen molar-refractivity contribution in [2.75, 3.05) is 11.9 Å². The molecule has 0 bridgehead atoms. The van der Waals surface area contributed by atoms with Gasteiger partial charge in [0.25, 0.3) is 0 Å². The summed E-state index contributed by atoms with van der Waals surface area (Å²) < 4.78 is 13.7. The van der Waals surface area contributed by atoms with Crippen molar-refractivity contribution < 1.29 is 4.39 Å². The Labute approximate surface area is 133 Å². The van der Waals surface area contributed by atoms with Crippen LogP contribution in [-0.4, -0.2) is 12.6 Å². The summed E-state index contributed by atoms with van der Waals surface area (Å²) in [6.45, 7) is 2.73. The van der Waals surface area contributed by atoms with Crippen LogP contribution in [0, 0.1) is 5.82 Å². The third-order valence-corrected chi connectivity index (χ3v) is 4.19. The highest BCUT2D eigenvalue weighted by atomic mass is 79.9. The van der Waals surface area contributed by atoms with Gasteiger partial charge >= 0.3 is 0 Å². The average molecular weight is 351 g/mol. The van der Waals surface area contributed by atoms with E-state index in [0.29, 0.717) is 16.9 Å². The fourth-order valence-electron chi connectivity index (χ4n) is 2.38. The van der Waals surface area contributed by atoms with Crippen LogP contribution in [0.3, 0.4) is 0 Å². The number of nitrogens with one attached hydrogen (secondary N) is 1. The minimum atomic E-state index is -0.262. The Bertz CT molecular complexity index is 574. The summed E-state index contributed by atoms with van der Waals surface area (Å²) in [5.41, 5.74) is 8.04. The molecule has 0 heterocycles. The molecule has 0 saturated carbocycles. The molecule has 0 spiro atoms. The van der Waals surface area contributed by atoms with Crippen LogP contribution < -0.4 is 11.1 Å². The first-order chi connectivity index (χ1) is 10.1. The summed E-state index contributed by atoms with van der Waals surface area (Å²) in [6.07, 6.45) is 0.926. The second-order valence-electron chi connectivity index (χ2n) is 5.25. The average Bonchev–Trinajstić information content (AvgIpc) is 2.51. The molecule has 0 aliphatic rings. The van der Waals surface area contributed by atoms with Gasteiger partial charge in [0.1, 0.15) is 5.82 Å². The van der Waals surface area contributed by atoms with E-state index in [-0.39, 0.29) is 11.9 Å². The van der Waals surface area contributed by atoms with E-state index in [0.717, 1.165) is 12.1 Å². The van der Waals surface area contributed by atoms with Gasteiger partial charge in [-0.25, -0.2) is 4.39 Å². The molecule has 2 atom stereocenters. The molecule has 0 amide bonds. The Kier molecular flexibility index (Phi) is 5.76. The Morgan fingerprint density at radius 1 is 1.19 bits per heavy atom. The molecule has 2 unspecified atom stereocenters. The van der Waals surface area contributed by atoms with Gasteiger partial charge in [-0.1, -0.05) is 37.3 Å². The zero-order valence-electron chi connectivity index (χ0n) is 12.0. The van der Waals surface area contributed by atoms with E-state index in [1.54, 1.807) is 12.1 Å². The number of hydrogen-bond acceptors (Lipinski definition) is 2. The predicted molar refractivity (Wildman–Crippen MR) is 90.0 cm³/mol. The maximum Gasteiger partial charge on any atom is 0.137 e. The number of benzene rings is 2. The van der Waals surface area contributed by atoms with Gasteiger partial charge in [-0.2, -0.15) is 0 Å². The SMILES string of the molecule is CC(CC(CN)Nc1ccc(F)c(Br)c1)c1ccccc1. The normalized spacial score (nSPS) is 13.7. The monoisotopic (exact) mass is 350 g/mol. The molecular formula is C17H20BrFN2. The first kappa shape index (κ1) is 16.0. The van der Waals surface area contributed by atoms with E-state index < -0.39 is 0 Å². The summed E-state index contributed by atoms with van der Waals surface area (Å²) >= 11 is 3.20. The molecule has 2 aromatic rings. The van der Waals surface area contributed by atoms with Crippen LogP contribution in [0.2, 0.25) is 0 Å². The summed E-state index contributed by atoms with van der Waals surface area (Å²) in [4.78, 5) is 0. The highest BCUT2D eigenvalue weighted by Crippen LogP contribution is 2.24. The molecule has 0 aliphatic heterocycles. The molecule has 2 nitrogen and oxygen atoms in total. The Morgan fingerprint density at radius 2 is 1.90 bits per heavy atom. The van der Waals surface area contributed by atoms with Crippen LogP contribution in [0.4, 0.5) is 10.1 Å². The smallest absolute Gasteiger partial charge is 0.137 e. The lowest BCUT2D eigenvalue weighted by molar-refractivity contribution is 0.585. The molecule has 0 fully saturated rings. The molecule has 2 rings (SSSR count). The molecule has 4 heteroatoms. The van der Waals surface area contributed by atoms with Crippen molar-refractivity contribution in [1.82, 2.24) is 0 Å². The Balaban J connectivity index is 2.01. The topological polar surface area (TPSA) is 38.0 Å². The minimum absolute atomic E-state index is 0.151. The van der Waals surface area contributed by atoms with Crippen molar-refractivity contribution in [3.8, 4) is 0 Å². The zero-order valence-corrected chi connectivity index (χ0v) is 13.6. The van der Waals surface area contributed by atoms with E-state index in [9.17, 15) is 4.39 Å². The zero-order chi connectivity index (χ0) is 15.2. The first-order valence-corrected chi connectivity index (χ1v) is 7.86. The van der Waals surface area contributed by atoms with Crippen LogP contribution in [0.5, 0.6) is 0 Å². The number of hydrogen-bond donors (Lipinski definition) is 2. The largest absolute Gasteiger partial charge is 0.381 e. The standard InChI is InChI=1S/C17H20BrFN2/c1-12(13-5-3-2-4-6-13)9-15(11-20)21-14-7-8-17(19)16(18)10-14/h2-8,10,12,15,21H,9,11,20H2,1H3. The number of anilines is 1. The highest BCUT2D eigenvalue weighted by Gasteiger charge is 2.13. The van der Waals surface area contributed by atoms with Crippen molar-refractivity contribution in [3.63, 3.8) is 0 Å². The Morgan fingerprint density at radius 3 is 2.52 bits per heavy atom.